The number of carbonyl (C=O) groups is 2. The number of hydrogen-bond donors (Lipinski definition) is 0. The molecule has 0 radical (unpaired) electrons. The maximum absolute atomic E-state index is 13.9. The van der Waals surface area contributed by atoms with Crippen LogP contribution in [0.4, 0.5) is 9.18 Å². The van der Waals surface area contributed by atoms with Crippen LogP contribution >= 0.6 is 0 Å². The number of amides is 1. The summed E-state index contributed by atoms with van der Waals surface area (Å²) in [7, 11) is 0. The molecule has 0 aromatic heterocycles. The Kier molecular flexibility index (Phi) is 4.39. The molecule has 2 rings (SSSR count). The van der Waals surface area contributed by atoms with Crippen LogP contribution in [0.2, 0.25) is 0 Å². The van der Waals surface area contributed by atoms with Crippen LogP contribution in [0.25, 0.3) is 0 Å². The molecule has 2 atom stereocenters. The number of aliphatic carboxylic acids is 1. The van der Waals surface area contributed by atoms with Gasteiger partial charge in [0, 0.05) is 30.9 Å². The molecule has 1 aliphatic rings. The number of benzene rings is 1. The summed E-state index contributed by atoms with van der Waals surface area (Å²) in [6, 6.07) is 5.99. The van der Waals surface area contributed by atoms with Crippen LogP contribution in [-0.4, -0.2) is 35.7 Å². The number of nitrogens with zero attached hydrogens (tertiary/aromatic N) is 1. The second-order valence-electron chi connectivity index (χ2n) is 6.44. The maximum atomic E-state index is 13.9. The van der Waals surface area contributed by atoms with Crippen LogP contribution in [-0.2, 0) is 9.53 Å². The first kappa shape index (κ1) is 16.3. The van der Waals surface area contributed by atoms with Gasteiger partial charge in [0.2, 0.25) is 0 Å². The molecule has 0 unspecified atom stereocenters. The van der Waals surface area contributed by atoms with Crippen molar-refractivity contribution in [2.24, 2.45) is 5.92 Å². The number of likely N-dealkylation sites (tertiary alicyclic amines) is 1. The minimum atomic E-state index is -1.29. The first-order valence-corrected chi connectivity index (χ1v) is 7.12. The molecule has 1 heterocycles. The van der Waals surface area contributed by atoms with Crippen LogP contribution < -0.4 is 5.11 Å². The van der Waals surface area contributed by atoms with Gasteiger partial charge in [0.05, 0.1) is 0 Å². The summed E-state index contributed by atoms with van der Waals surface area (Å²) < 4.78 is 19.2. The Morgan fingerprint density at radius 1 is 1.27 bits per heavy atom. The third-order valence-electron chi connectivity index (χ3n) is 3.58. The van der Waals surface area contributed by atoms with Gasteiger partial charge in [-0.15, -0.1) is 0 Å². The zero-order valence-electron chi connectivity index (χ0n) is 12.8. The van der Waals surface area contributed by atoms with Crippen molar-refractivity contribution >= 4 is 12.1 Å². The average Bonchev–Trinajstić information content (AvgIpc) is 2.82. The molecule has 5 nitrogen and oxygen atoms in total. The number of carboxylic acid groups (broad SMARTS) is 1. The molecule has 0 bridgehead atoms. The lowest BCUT2D eigenvalue weighted by Gasteiger charge is -2.24. The van der Waals surface area contributed by atoms with Gasteiger partial charge < -0.3 is 19.5 Å². The van der Waals surface area contributed by atoms with E-state index in [-0.39, 0.29) is 18.7 Å². The summed E-state index contributed by atoms with van der Waals surface area (Å²) in [5, 5.41) is 11.3. The van der Waals surface area contributed by atoms with Crippen molar-refractivity contribution in [2.45, 2.75) is 32.3 Å². The van der Waals surface area contributed by atoms with Gasteiger partial charge in [-0.3, -0.25) is 0 Å². The molecule has 1 aromatic rings. The van der Waals surface area contributed by atoms with E-state index in [0.717, 1.165) is 0 Å². The molecule has 120 valence electrons. The highest BCUT2D eigenvalue weighted by atomic mass is 19.1. The molecule has 0 aliphatic carbocycles. The van der Waals surface area contributed by atoms with Gasteiger partial charge in [-0.25, -0.2) is 9.18 Å². The Morgan fingerprint density at radius 2 is 1.91 bits per heavy atom. The maximum Gasteiger partial charge on any atom is 0.410 e. The van der Waals surface area contributed by atoms with Crippen LogP contribution in [0.5, 0.6) is 0 Å². The van der Waals surface area contributed by atoms with Crippen LogP contribution in [0.1, 0.15) is 32.3 Å². The summed E-state index contributed by atoms with van der Waals surface area (Å²) in [6.07, 6.45) is -0.599. The topological polar surface area (TPSA) is 69.7 Å². The quantitative estimate of drug-likeness (QED) is 0.831. The van der Waals surface area contributed by atoms with Crippen molar-refractivity contribution in [3.63, 3.8) is 0 Å². The Bertz CT molecular complexity index is 582. The largest absolute Gasteiger partial charge is 0.550 e. The molecule has 1 aromatic carbocycles. The zero-order chi connectivity index (χ0) is 16.5. The fraction of sp³-hybridized carbons (Fsp3) is 0.500. The van der Waals surface area contributed by atoms with Crippen molar-refractivity contribution in [2.75, 3.05) is 13.1 Å². The first-order valence-electron chi connectivity index (χ1n) is 7.12. The van der Waals surface area contributed by atoms with Gasteiger partial charge in [0.15, 0.2) is 0 Å². The summed E-state index contributed by atoms with van der Waals surface area (Å²) in [5.41, 5.74) is -0.396. The van der Waals surface area contributed by atoms with E-state index in [9.17, 15) is 19.1 Å². The third kappa shape index (κ3) is 3.55. The lowest BCUT2D eigenvalue weighted by Crippen LogP contribution is -2.38. The Hall–Kier alpha value is -2.11. The van der Waals surface area contributed by atoms with Gasteiger partial charge in [-0.05, 0) is 32.4 Å². The van der Waals surface area contributed by atoms with Crippen molar-refractivity contribution in [1.82, 2.24) is 4.90 Å². The Balaban J connectivity index is 2.22. The molecule has 1 fully saturated rings. The minimum absolute atomic E-state index is 0.0454. The summed E-state index contributed by atoms with van der Waals surface area (Å²) >= 11 is 0. The first-order chi connectivity index (χ1) is 10.2. The van der Waals surface area contributed by atoms with Gasteiger partial charge >= 0.3 is 6.09 Å². The van der Waals surface area contributed by atoms with E-state index in [1.54, 1.807) is 26.8 Å². The fourth-order valence-corrected chi connectivity index (χ4v) is 2.61. The van der Waals surface area contributed by atoms with Crippen molar-refractivity contribution in [1.29, 1.82) is 0 Å². The van der Waals surface area contributed by atoms with Gasteiger partial charge in [0.25, 0.3) is 0 Å². The van der Waals surface area contributed by atoms with Crippen molar-refractivity contribution in [3.8, 4) is 0 Å². The number of rotatable bonds is 2. The molecule has 1 saturated heterocycles. The number of hydrogen-bond acceptors (Lipinski definition) is 4. The van der Waals surface area contributed by atoms with Gasteiger partial charge in [-0.1, -0.05) is 18.2 Å². The van der Waals surface area contributed by atoms with Crippen molar-refractivity contribution < 1.29 is 23.8 Å². The predicted molar refractivity (Wildman–Crippen MR) is 75.4 cm³/mol. The van der Waals surface area contributed by atoms with Crippen LogP contribution in [0.15, 0.2) is 24.3 Å². The second-order valence-corrected chi connectivity index (χ2v) is 6.44. The van der Waals surface area contributed by atoms with Crippen LogP contribution in [0.3, 0.4) is 0 Å². The van der Waals surface area contributed by atoms with E-state index in [4.69, 9.17) is 4.74 Å². The van der Waals surface area contributed by atoms with Crippen molar-refractivity contribution in [3.05, 3.63) is 35.6 Å². The normalized spacial score (nSPS) is 21.7. The predicted octanol–water partition coefficient (Wildman–Crippen LogP) is 1.53. The monoisotopic (exact) mass is 308 g/mol. The summed E-state index contributed by atoms with van der Waals surface area (Å²) in [5.74, 6) is -3.37. The van der Waals surface area contributed by atoms with E-state index in [0.29, 0.717) is 0 Å². The standard InChI is InChI=1S/C16H20FNO4/c1-16(2,3)22-15(21)18-8-11(12(9-18)14(19)20)10-6-4-5-7-13(10)17/h4-7,11-12H,8-9H2,1-3H3,(H,19,20)/p-1/t11-,12+/m0/s1. The van der Waals surface area contributed by atoms with E-state index in [1.165, 1.54) is 23.1 Å². The molecular weight excluding hydrogens is 289 g/mol. The molecule has 1 aliphatic heterocycles. The van der Waals surface area contributed by atoms with Gasteiger partial charge in [0.1, 0.15) is 11.4 Å². The average molecular weight is 308 g/mol. The molecular formula is C16H19FNO4-. The summed E-state index contributed by atoms with van der Waals surface area (Å²) in [4.78, 5) is 24.7. The zero-order valence-corrected chi connectivity index (χ0v) is 12.8. The van der Waals surface area contributed by atoms with Gasteiger partial charge in [-0.2, -0.15) is 0 Å². The molecule has 0 spiro atoms. The van der Waals surface area contributed by atoms with E-state index in [1.807, 2.05) is 0 Å². The molecule has 6 heteroatoms. The lowest BCUT2D eigenvalue weighted by atomic mass is 9.89. The third-order valence-corrected chi connectivity index (χ3v) is 3.58. The smallest absolute Gasteiger partial charge is 0.410 e. The number of ether oxygens (including phenoxy) is 1. The van der Waals surface area contributed by atoms with E-state index >= 15 is 0 Å². The highest BCUT2D eigenvalue weighted by Gasteiger charge is 2.39. The second kappa shape index (κ2) is 5.94. The SMILES string of the molecule is CC(C)(C)OC(=O)N1C[C@@H](C(=O)[O-])[C@H](c2ccccc2F)C1. The minimum Gasteiger partial charge on any atom is -0.550 e. The molecule has 0 N–H and O–H groups in total. The van der Waals surface area contributed by atoms with E-state index in [2.05, 4.69) is 0 Å². The molecule has 0 saturated carbocycles. The fourth-order valence-electron chi connectivity index (χ4n) is 2.61. The lowest BCUT2D eigenvalue weighted by molar-refractivity contribution is -0.311. The number of carbonyl (C=O) groups excluding carboxylic acids is 2. The number of carboxylic acids is 1. The number of halogens is 1. The Labute approximate surface area is 128 Å². The van der Waals surface area contributed by atoms with Crippen LogP contribution in [0, 0.1) is 11.7 Å². The highest BCUT2D eigenvalue weighted by molar-refractivity contribution is 5.74. The van der Waals surface area contributed by atoms with E-state index < -0.39 is 35.3 Å². The molecule has 22 heavy (non-hydrogen) atoms. The Morgan fingerprint density at radius 3 is 2.45 bits per heavy atom. The highest BCUT2D eigenvalue weighted by Crippen LogP contribution is 2.34. The summed E-state index contributed by atoms with van der Waals surface area (Å²) in [6.45, 7) is 5.23. The molecule has 1 amide bonds.